The Morgan fingerprint density at radius 1 is 1.06 bits per heavy atom. The zero-order chi connectivity index (χ0) is 24.6. The summed E-state index contributed by atoms with van der Waals surface area (Å²) in [5.41, 5.74) is 1.90. The molecule has 0 spiro atoms. The summed E-state index contributed by atoms with van der Waals surface area (Å²) in [6.07, 6.45) is 10.3. The summed E-state index contributed by atoms with van der Waals surface area (Å²) >= 11 is 14.8. The van der Waals surface area contributed by atoms with Gasteiger partial charge in [0.2, 0.25) is 5.91 Å². The van der Waals surface area contributed by atoms with Crippen molar-refractivity contribution in [3.63, 3.8) is 0 Å². The highest BCUT2D eigenvalue weighted by Gasteiger charge is 2.19. The molecule has 2 aliphatic heterocycles. The molecule has 4 rings (SSSR count). The van der Waals surface area contributed by atoms with Crippen molar-refractivity contribution in [3.05, 3.63) is 58.1 Å². The summed E-state index contributed by atoms with van der Waals surface area (Å²) in [5.74, 6) is 0.0377. The van der Waals surface area contributed by atoms with Gasteiger partial charge in [-0.2, -0.15) is 0 Å². The fraction of sp³-hybridized carbons (Fsp3) is 0.464. The maximum Gasteiger partial charge on any atom is 0.246 e. The summed E-state index contributed by atoms with van der Waals surface area (Å²) < 4.78 is 0. The van der Waals surface area contributed by atoms with Crippen LogP contribution in [0.15, 0.2) is 52.3 Å². The zero-order valence-corrected chi connectivity index (χ0v) is 22.8. The van der Waals surface area contributed by atoms with Crippen molar-refractivity contribution in [2.45, 2.75) is 61.3 Å². The fourth-order valence-corrected chi connectivity index (χ4v) is 6.25. The van der Waals surface area contributed by atoms with E-state index in [1.54, 1.807) is 23.9 Å². The molecule has 0 unspecified atom stereocenters. The lowest BCUT2D eigenvalue weighted by molar-refractivity contribution is -0.126. The van der Waals surface area contributed by atoms with Gasteiger partial charge in [-0.3, -0.25) is 4.79 Å². The number of hydrogen-bond acceptors (Lipinski definition) is 4. The number of likely N-dealkylation sites (tertiary alicyclic amines) is 2. The van der Waals surface area contributed by atoms with E-state index in [9.17, 15) is 4.79 Å². The van der Waals surface area contributed by atoms with Gasteiger partial charge in [0.05, 0.1) is 10.0 Å². The first-order valence-corrected chi connectivity index (χ1v) is 14.3. The summed E-state index contributed by atoms with van der Waals surface area (Å²) in [6.45, 7) is 7.44. The molecule has 0 aliphatic carbocycles. The molecule has 2 aromatic rings. The molecule has 2 saturated heterocycles. The quantitative estimate of drug-likeness (QED) is 0.358. The fourth-order valence-electron chi connectivity index (χ4n) is 4.76. The standard InChI is InChI=1S/C28H35Cl2N3OS/c1-2-15-32-18-13-22(14-19-32)31-23-7-6-8-24(20-23)35-25-11-9-21(27(29)28(25)30)10-12-26(34)33-16-4-3-5-17-33/h6-12,20,22,31H,2-5,13-19H2,1H3/b12-10+. The topological polar surface area (TPSA) is 35.6 Å². The van der Waals surface area contributed by atoms with Crippen LogP contribution in [0.2, 0.25) is 10.0 Å². The zero-order valence-electron chi connectivity index (χ0n) is 20.4. The Morgan fingerprint density at radius 2 is 1.83 bits per heavy atom. The smallest absolute Gasteiger partial charge is 0.246 e. The Balaban J connectivity index is 1.37. The molecule has 0 atom stereocenters. The van der Waals surface area contributed by atoms with Gasteiger partial charge in [-0.05, 0) is 81.0 Å². The highest BCUT2D eigenvalue weighted by atomic mass is 35.5. The molecule has 2 heterocycles. The Kier molecular flexibility index (Phi) is 9.84. The second kappa shape index (κ2) is 13.0. The summed E-state index contributed by atoms with van der Waals surface area (Å²) in [5, 5.41) is 4.71. The lowest BCUT2D eigenvalue weighted by atomic mass is 10.0. The van der Waals surface area contributed by atoms with Crippen LogP contribution in [0.3, 0.4) is 0 Å². The normalized spacial score (nSPS) is 17.7. The first-order chi connectivity index (χ1) is 17.0. The number of hydrogen-bond donors (Lipinski definition) is 1. The van der Waals surface area contributed by atoms with Crippen LogP contribution in [0.4, 0.5) is 5.69 Å². The Morgan fingerprint density at radius 3 is 2.57 bits per heavy atom. The van der Waals surface area contributed by atoms with Gasteiger partial charge in [0.25, 0.3) is 0 Å². The van der Waals surface area contributed by atoms with Crippen molar-refractivity contribution >= 4 is 52.6 Å². The van der Waals surface area contributed by atoms with Crippen LogP contribution in [0.25, 0.3) is 6.08 Å². The highest BCUT2D eigenvalue weighted by molar-refractivity contribution is 7.99. The maximum absolute atomic E-state index is 12.4. The van der Waals surface area contributed by atoms with Gasteiger partial charge in [0.15, 0.2) is 0 Å². The molecular weight excluding hydrogens is 497 g/mol. The van der Waals surface area contributed by atoms with Gasteiger partial charge in [-0.15, -0.1) is 0 Å². The van der Waals surface area contributed by atoms with E-state index in [0.717, 1.165) is 47.0 Å². The van der Waals surface area contributed by atoms with E-state index in [0.29, 0.717) is 16.1 Å². The predicted molar refractivity (Wildman–Crippen MR) is 150 cm³/mol. The molecular formula is C28H35Cl2N3OS. The summed E-state index contributed by atoms with van der Waals surface area (Å²) in [6, 6.07) is 12.9. The van der Waals surface area contributed by atoms with Crippen LogP contribution in [-0.4, -0.2) is 54.5 Å². The second-order valence-corrected chi connectivity index (χ2v) is 11.3. The van der Waals surface area contributed by atoms with Crippen LogP contribution in [-0.2, 0) is 4.79 Å². The molecule has 7 heteroatoms. The predicted octanol–water partition coefficient (Wildman–Crippen LogP) is 7.46. The molecule has 0 aromatic heterocycles. The van der Waals surface area contributed by atoms with Gasteiger partial charge in [0, 0.05) is 53.8 Å². The van der Waals surface area contributed by atoms with E-state index in [4.69, 9.17) is 23.2 Å². The number of nitrogens with zero attached hydrogens (tertiary/aromatic N) is 2. The third-order valence-corrected chi connectivity index (χ3v) is 8.77. The summed E-state index contributed by atoms with van der Waals surface area (Å²) in [7, 11) is 0. The molecule has 0 bridgehead atoms. The third kappa shape index (κ3) is 7.42. The Hall–Kier alpha value is -1.66. The van der Waals surface area contributed by atoms with E-state index in [-0.39, 0.29) is 5.91 Å². The minimum atomic E-state index is 0.0377. The molecule has 35 heavy (non-hydrogen) atoms. The number of rotatable bonds is 8. The second-order valence-electron chi connectivity index (χ2n) is 9.39. The lowest BCUT2D eigenvalue weighted by Gasteiger charge is -2.32. The van der Waals surface area contributed by atoms with E-state index < -0.39 is 0 Å². The third-order valence-electron chi connectivity index (χ3n) is 6.71. The van der Waals surface area contributed by atoms with Gasteiger partial charge in [-0.1, -0.05) is 54.0 Å². The molecule has 0 saturated carbocycles. The van der Waals surface area contributed by atoms with Crippen LogP contribution >= 0.6 is 35.0 Å². The molecule has 0 radical (unpaired) electrons. The molecule has 2 aromatic carbocycles. The molecule has 1 N–H and O–H groups in total. The van der Waals surface area contributed by atoms with E-state index in [1.165, 1.54) is 45.3 Å². The van der Waals surface area contributed by atoms with Crippen LogP contribution in [0.5, 0.6) is 0 Å². The van der Waals surface area contributed by atoms with Gasteiger partial charge in [0.1, 0.15) is 0 Å². The molecule has 188 valence electrons. The van der Waals surface area contributed by atoms with E-state index in [2.05, 4.69) is 41.4 Å². The van der Waals surface area contributed by atoms with Gasteiger partial charge in [-0.25, -0.2) is 0 Å². The molecule has 4 nitrogen and oxygen atoms in total. The number of benzene rings is 2. The van der Waals surface area contributed by atoms with Crippen LogP contribution in [0, 0.1) is 0 Å². The van der Waals surface area contributed by atoms with Gasteiger partial charge < -0.3 is 15.1 Å². The van der Waals surface area contributed by atoms with Crippen LogP contribution < -0.4 is 5.32 Å². The maximum atomic E-state index is 12.4. The first kappa shape index (κ1) is 26.4. The number of carbonyl (C=O) groups excluding carboxylic acids is 1. The minimum absolute atomic E-state index is 0.0377. The Bertz CT molecular complexity index is 1030. The average molecular weight is 533 g/mol. The SMILES string of the molecule is CCCN1CCC(Nc2cccc(Sc3ccc(/C=C/C(=O)N4CCCCC4)c(Cl)c3Cl)c2)CC1. The van der Waals surface area contributed by atoms with Crippen molar-refractivity contribution in [2.24, 2.45) is 0 Å². The van der Waals surface area contributed by atoms with Crippen molar-refractivity contribution in [3.8, 4) is 0 Å². The number of anilines is 1. The van der Waals surface area contributed by atoms with E-state index in [1.807, 2.05) is 17.0 Å². The minimum Gasteiger partial charge on any atom is -0.382 e. The van der Waals surface area contributed by atoms with Crippen molar-refractivity contribution < 1.29 is 4.79 Å². The molecule has 1 amide bonds. The number of nitrogens with one attached hydrogen (secondary N) is 1. The van der Waals surface area contributed by atoms with Gasteiger partial charge >= 0.3 is 0 Å². The monoisotopic (exact) mass is 531 g/mol. The van der Waals surface area contributed by atoms with Crippen molar-refractivity contribution in [1.82, 2.24) is 9.80 Å². The average Bonchev–Trinajstić information content (AvgIpc) is 2.88. The summed E-state index contributed by atoms with van der Waals surface area (Å²) in [4.78, 5) is 18.9. The number of carbonyl (C=O) groups is 1. The molecule has 2 fully saturated rings. The van der Waals surface area contributed by atoms with Crippen molar-refractivity contribution in [1.29, 1.82) is 0 Å². The van der Waals surface area contributed by atoms with E-state index >= 15 is 0 Å². The highest BCUT2D eigenvalue weighted by Crippen LogP contribution is 2.40. The van der Waals surface area contributed by atoms with Crippen molar-refractivity contribution in [2.75, 3.05) is 38.0 Å². The van der Waals surface area contributed by atoms with Crippen LogP contribution in [0.1, 0.15) is 51.0 Å². The largest absolute Gasteiger partial charge is 0.382 e. The lowest BCUT2D eigenvalue weighted by Crippen LogP contribution is -2.39. The number of piperidine rings is 2. The molecule has 2 aliphatic rings. The first-order valence-electron chi connectivity index (χ1n) is 12.8. The Labute approximate surface area is 224 Å². The number of halogens is 2. The number of amides is 1.